The summed E-state index contributed by atoms with van der Waals surface area (Å²) in [5, 5.41) is 3.31. The van der Waals surface area contributed by atoms with E-state index in [9.17, 15) is 4.79 Å². The molecule has 0 bridgehead atoms. The lowest BCUT2D eigenvalue weighted by molar-refractivity contribution is -0.119. The van der Waals surface area contributed by atoms with Gasteiger partial charge in [0.2, 0.25) is 0 Å². The quantitative estimate of drug-likeness (QED) is 0.632. The first-order valence-corrected chi connectivity index (χ1v) is 4.54. The minimum atomic E-state index is 0.179. The fraction of sp³-hybridized carbons (Fsp3) is 0.700. The highest BCUT2D eigenvalue weighted by Crippen LogP contribution is 2.17. The van der Waals surface area contributed by atoms with Gasteiger partial charge >= 0.3 is 0 Å². The van der Waals surface area contributed by atoms with Crippen molar-refractivity contribution >= 4 is 5.78 Å². The molecule has 0 aromatic carbocycles. The molecule has 1 saturated heterocycles. The molecule has 12 heavy (non-hydrogen) atoms. The Labute approximate surface area is 74.0 Å². The molecule has 0 saturated carbocycles. The lowest BCUT2D eigenvalue weighted by atomic mass is 9.89. The van der Waals surface area contributed by atoms with Crippen molar-refractivity contribution in [3.63, 3.8) is 0 Å². The van der Waals surface area contributed by atoms with Crippen molar-refractivity contribution in [2.75, 3.05) is 6.54 Å². The van der Waals surface area contributed by atoms with Crippen molar-refractivity contribution in [1.82, 2.24) is 5.32 Å². The molecule has 0 spiro atoms. The summed E-state index contributed by atoms with van der Waals surface area (Å²) in [6.07, 6.45) is 2.11. The standard InChI is InChI=1S/C10H17NO/c1-7(2)10(12)9-5-4-8(3)11-6-9/h8-9,11H,1,4-6H2,2-3H3. The van der Waals surface area contributed by atoms with Gasteiger partial charge in [0.1, 0.15) is 0 Å². The lowest BCUT2D eigenvalue weighted by Crippen LogP contribution is -2.40. The van der Waals surface area contributed by atoms with Gasteiger partial charge in [-0.15, -0.1) is 0 Å². The minimum absolute atomic E-state index is 0.179. The van der Waals surface area contributed by atoms with Crippen LogP contribution in [0.2, 0.25) is 0 Å². The van der Waals surface area contributed by atoms with Crippen LogP contribution in [0.5, 0.6) is 0 Å². The molecule has 0 aromatic heterocycles. The van der Waals surface area contributed by atoms with Crippen molar-refractivity contribution in [1.29, 1.82) is 0 Å². The second kappa shape index (κ2) is 3.85. The van der Waals surface area contributed by atoms with Gasteiger partial charge < -0.3 is 5.32 Å². The van der Waals surface area contributed by atoms with E-state index in [4.69, 9.17) is 0 Å². The van der Waals surface area contributed by atoms with E-state index in [1.54, 1.807) is 6.92 Å². The van der Waals surface area contributed by atoms with Gasteiger partial charge in [0.15, 0.2) is 5.78 Å². The summed E-state index contributed by atoms with van der Waals surface area (Å²) in [6.45, 7) is 8.44. The van der Waals surface area contributed by atoms with Gasteiger partial charge in [-0.05, 0) is 32.3 Å². The highest BCUT2D eigenvalue weighted by molar-refractivity contribution is 5.96. The molecule has 0 radical (unpaired) electrons. The third-order valence-corrected chi connectivity index (χ3v) is 2.45. The molecule has 68 valence electrons. The van der Waals surface area contributed by atoms with Crippen molar-refractivity contribution < 1.29 is 4.79 Å². The molecular formula is C10H17NO. The minimum Gasteiger partial charge on any atom is -0.314 e. The Morgan fingerprint density at radius 1 is 1.50 bits per heavy atom. The smallest absolute Gasteiger partial charge is 0.162 e. The molecule has 1 heterocycles. The predicted molar refractivity (Wildman–Crippen MR) is 50.0 cm³/mol. The maximum Gasteiger partial charge on any atom is 0.162 e. The van der Waals surface area contributed by atoms with Crippen LogP contribution in [0.1, 0.15) is 26.7 Å². The van der Waals surface area contributed by atoms with Gasteiger partial charge in [-0.1, -0.05) is 6.58 Å². The SMILES string of the molecule is C=C(C)C(=O)C1CCC(C)NC1. The maximum atomic E-state index is 11.5. The highest BCUT2D eigenvalue weighted by Gasteiger charge is 2.23. The summed E-state index contributed by atoms with van der Waals surface area (Å²) in [5.74, 6) is 0.410. The predicted octanol–water partition coefficient (Wildman–Crippen LogP) is 1.52. The first kappa shape index (κ1) is 9.46. The van der Waals surface area contributed by atoms with Crippen LogP contribution in [0.15, 0.2) is 12.2 Å². The Hall–Kier alpha value is -0.630. The van der Waals surface area contributed by atoms with E-state index in [0.29, 0.717) is 11.6 Å². The molecule has 2 nitrogen and oxygen atoms in total. The second-order valence-corrected chi connectivity index (χ2v) is 3.73. The van der Waals surface area contributed by atoms with Gasteiger partial charge in [0, 0.05) is 18.5 Å². The van der Waals surface area contributed by atoms with E-state index in [2.05, 4.69) is 18.8 Å². The normalized spacial score (nSPS) is 29.8. The monoisotopic (exact) mass is 167 g/mol. The molecule has 1 aliphatic rings. The summed E-state index contributed by atoms with van der Waals surface area (Å²) >= 11 is 0. The average Bonchev–Trinajstić information content (AvgIpc) is 2.04. The van der Waals surface area contributed by atoms with Crippen molar-refractivity contribution in [2.24, 2.45) is 5.92 Å². The molecule has 0 amide bonds. The molecule has 2 atom stereocenters. The zero-order valence-electron chi connectivity index (χ0n) is 7.89. The van der Waals surface area contributed by atoms with E-state index < -0.39 is 0 Å². The molecule has 2 unspecified atom stereocenters. The third kappa shape index (κ3) is 2.18. The Morgan fingerprint density at radius 3 is 2.58 bits per heavy atom. The summed E-state index contributed by atoms with van der Waals surface area (Å²) in [4.78, 5) is 11.5. The van der Waals surface area contributed by atoms with Crippen LogP contribution in [0.25, 0.3) is 0 Å². The zero-order valence-corrected chi connectivity index (χ0v) is 7.89. The third-order valence-electron chi connectivity index (χ3n) is 2.45. The van der Waals surface area contributed by atoms with Gasteiger partial charge in [0.25, 0.3) is 0 Å². The number of nitrogens with one attached hydrogen (secondary N) is 1. The van der Waals surface area contributed by atoms with Crippen LogP contribution in [0, 0.1) is 5.92 Å². The first-order valence-electron chi connectivity index (χ1n) is 4.54. The van der Waals surface area contributed by atoms with Crippen molar-refractivity contribution in [3.8, 4) is 0 Å². The Morgan fingerprint density at radius 2 is 2.17 bits per heavy atom. The van der Waals surface area contributed by atoms with E-state index in [-0.39, 0.29) is 11.7 Å². The molecule has 1 rings (SSSR count). The van der Waals surface area contributed by atoms with Gasteiger partial charge in [-0.3, -0.25) is 4.79 Å². The number of carbonyl (C=O) groups excluding carboxylic acids is 1. The number of hydrogen-bond donors (Lipinski definition) is 1. The summed E-state index contributed by atoms with van der Waals surface area (Å²) in [5.41, 5.74) is 0.691. The van der Waals surface area contributed by atoms with Crippen LogP contribution in [0.3, 0.4) is 0 Å². The van der Waals surface area contributed by atoms with Crippen molar-refractivity contribution in [2.45, 2.75) is 32.7 Å². The summed E-state index contributed by atoms with van der Waals surface area (Å²) < 4.78 is 0. The fourth-order valence-corrected chi connectivity index (χ4v) is 1.57. The Balaban J connectivity index is 2.44. The summed E-state index contributed by atoms with van der Waals surface area (Å²) in [6, 6.07) is 0.569. The number of rotatable bonds is 2. The number of hydrogen-bond acceptors (Lipinski definition) is 2. The zero-order chi connectivity index (χ0) is 9.14. The number of allylic oxidation sites excluding steroid dienone is 1. The first-order chi connectivity index (χ1) is 5.61. The van der Waals surface area contributed by atoms with E-state index >= 15 is 0 Å². The lowest BCUT2D eigenvalue weighted by Gasteiger charge is -2.26. The van der Waals surface area contributed by atoms with Gasteiger partial charge in [0.05, 0.1) is 0 Å². The fourth-order valence-electron chi connectivity index (χ4n) is 1.57. The van der Waals surface area contributed by atoms with Crippen LogP contribution in [0.4, 0.5) is 0 Å². The highest BCUT2D eigenvalue weighted by atomic mass is 16.1. The van der Waals surface area contributed by atoms with Crippen molar-refractivity contribution in [3.05, 3.63) is 12.2 Å². The molecule has 0 aliphatic carbocycles. The average molecular weight is 167 g/mol. The molecule has 1 N–H and O–H groups in total. The van der Waals surface area contributed by atoms with E-state index in [1.807, 2.05) is 0 Å². The number of Topliss-reactive ketones (excluding diaryl/α,β-unsaturated/α-hetero) is 1. The van der Waals surface area contributed by atoms with Crippen LogP contribution in [-0.4, -0.2) is 18.4 Å². The van der Waals surface area contributed by atoms with Crippen LogP contribution < -0.4 is 5.32 Å². The molecule has 1 fully saturated rings. The Kier molecular flexibility index (Phi) is 3.04. The van der Waals surface area contributed by atoms with Crippen LogP contribution in [-0.2, 0) is 4.79 Å². The maximum absolute atomic E-state index is 11.5. The number of ketones is 1. The topological polar surface area (TPSA) is 29.1 Å². The van der Waals surface area contributed by atoms with Crippen LogP contribution >= 0.6 is 0 Å². The molecule has 2 heteroatoms. The van der Waals surface area contributed by atoms with Gasteiger partial charge in [-0.25, -0.2) is 0 Å². The molecule has 1 aliphatic heterocycles. The largest absolute Gasteiger partial charge is 0.314 e. The van der Waals surface area contributed by atoms with E-state index in [1.165, 1.54) is 0 Å². The molecule has 0 aromatic rings. The summed E-state index contributed by atoms with van der Waals surface area (Å²) in [7, 11) is 0. The second-order valence-electron chi connectivity index (χ2n) is 3.73. The van der Waals surface area contributed by atoms with Gasteiger partial charge in [-0.2, -0.15) is 0 Å². The number of piperidine rings is 1. The Bertz CT molecular complexity index is 190. The number of carbonyl (C=O) groups is 1. The molecular weight excluding hydrogens is 150 g/mol. The van der Waals surface area contributed by atoms with E-state index in [0.717, 1.165) is 19.4 Å².